The standard InChI is InChI=1S/C15H21BrO2/c1-11(2)14-10-15(17,7-8-18-14)9-12-5-3-4-6-13(12)16/h3-6,11,14,17H,7-10H2,1-2H3. The predicted octanol–water partition coefficient (Wildman–Crippen LogP) is 3.56. The van der Waals surface area contributed by atoms with E-state index in [1.807, 2.05) is 18.2 Å². The Labute approximate surface area is 117 Å². The fraction of sp³-hybridized carbons (Fsp3) is 0.600. The first-order valence-electron chi connectivity index (χ1n) is 6.57. The van der Waals surface area contributed by atoms with Crippen LogP contribution in [0.15, 0.2) is 28.7 Å². The Morgan fingerprint density at radius 1 is 1.44 bits per heavy atom. The number of aliphatic hydroxyl groups is 1. The van der Waals surface area contributed by atoms with Crippen LogP contribution < -0.4 is 0 Å². The lowest BCUT2D eigenvalue weighted by Gasteiger charge is -2.38. The highest BCUT2D eigenvalue weighted by Crippen LogP contribution is 2.33. The van der Waals surface area contributed by atoms with E-state index in [1.165, 1.54) is 5.56 Å². The molecule has 1 fully saturated rings. The third kappa shape index (κ3) is 3.34. The van der Waals surface area contributed by atoms with Crippen LogP contribution in [0.2, 0.25) is 0 Å². The Balaban J connectivity index is 2.09. The van der Waals surface area contributed by atoms with Crippen molar-refractivity contribution in [3.8, 4) is 0 Å². The number of rotatable bonds is 3. The van der Waals surface area contributed by atoms with Crippen molar-refractivity contribution >= 4 is 15.9 Å². The van der Waals surface area contributed by atoms with Crippen molar-refractivity contribution in [3.05, 3.63) is 34.3 Å². The summed E-state index contributed by atoms with van der Waals surface area (Å²) in [6.07, 6.45) is 2.32. The molecule has 0 radical (unpaired) electrons. The lowest BCUT2D eigenvalue weighted by Crippen LogP contribution is -2.44. The van der Waals surface area contributed by atoms with Crippen molar-refractivity contribution in [2.45, 2.75) is 44.8 Å². The van der Waals surface area contributed by atoms with Gasteiger partial charge in [-0.2, -0.15) is 0 Å². The number of halogens is 1. The molecule has 0 saturated carbocycles. The summed E-state index contributed by atoms with van der Waals surface area (Å²) < 4.78 is 6.81. The van der Waals surface area contributed by atoms with Gasteiger partial charge in [-0.15, -0.1) is 0 Å². The van der Waals surface area contributed by atoms with Gasteiger partial charge in [-0.25, -0.2) is 0 Å². The predicted molar refractivity (Wildman–Crippen MR) is 76.6 cm³/mol. The summed E-state index contributed by atoms with van der Waals surface area (Å²) in [6.45, 7) is 4.95. The summed E-state index contributed by atoms with van der Waals surface area (Å²) in [5.74, 6) is 0.455. The molecular formula is C15H21BrO2. The summed E-state index contributed by atoms with van der Waals surface area (Å²) in [5, 5.41) is 10.8. The molecule has 1 aromatic carbocycles. The molecular weight excluding hydrogens is 292 g/mol. The van der Waals surface area contributed by atoms with Crippen molar-refractivity contribution < 1.29 is 9.84 Å². The molecule has 1 heterocycles. The Hall–Kier alpha value is -0.380. The molecule has 0 spiro atoms. The van der Waals surface area contributed by atoms with Gasteiger partial charge in [0.2, 0.25) is 0 Å². The number of hydrogen-bond donors (Lipinski definition) is 1. The fourth-order valence-corrected chi connectivity index (χ4v) is 2.95. The summed E-state index contributed by atoms with van der Waals surface area (Å²) in [6, 6.07) is 8.11. The van der Waals surface area contributed by atoms with Crippen LogP contribution in [0.5, 0.6) is 0 Å². The zero-order valence-corrected chi connectivity index (χ0v) is 12.6. The summed E-state index contributed by atoms with van der Waals surface area (Å²) in [7, 11) is 0. The minimum Gasteiger partial charge on any atom is -0.389 e. The third-order valence-electron chi connectivity index (χ3n) is 3.70. The van der Waals surface area contributed by atoms with E-state index in [2.05, 4.69) is 35.8 Å². The second kappa shape index (κ2) is 5.72. The van der Waals surface area contributed by atoms with Gasteiger partial charge in [0.25, 0.3) is 0 Å². The normalized spacial score (nSPS) is 28.6. The molecule has 1 aliphatic rings. The molecule has 2 nitrogen and oxygen atoms in total. The number of benzene rings is 1. The van der Waals surface area contributed by atoms with E-state index in [4.69, 9.17) is 4.74 Å². The van der Waals surface area contributed by atoms with Crippen LogP contribution in [0.1, 0.15) is 32.3 Å². The third-order valence-corrected chi connectivity index (χ3v) is 4.48. The van der Waals surface area contributed by atoms with Crippen molar-refractivity contribution in [3.63, 3.8) is 0 Å². The maximum atomic E-state index is 10.8. The summed E-state index contributed by atoms with van der Waals surface area (Å²) >= 11 is 3.55. The summed E-state index contributed by atoms with van der Waals surface area (Å²) in [5.41, 5.74) is 0.543. The minimum atomic E-state index is -0.628. The SMILES string of the molecule is CC(C)C1CC(O)(Cc2ccccc2Br)CCO1. The lowest BCUT2D eigenvalue weighted by atomic mass is 9.82. The van der Waals surface area contributed by atoms with Gasteiger partial charge < -0.3 is 9.84 Å². The molecule has 2 unspecified atom stereocenters. The highest BCUT2D eigenvalue weighted by atomic mass is 79.9. The van der Waals surface area contributed by atoms with E-state index in [-0.39, 0.29) is 6.10 Å². The van der Waals surface area contributed by atoms with Crippen LogP contribution in [0.3, 0.4) is 0 Å². The second-order valence-corrected chi connectivity index (χ2v) is 6.45. The van der Waals surface area contributed by atoms with Gasteiger partial charge in [0, 0.05) is 23.9 Å². The molecule has 1 N–H and O–H groups in total. The largest absolute Gasteiger partial charge is 0.389 e. The molecule has 0 aliphatic carbocycles. The van der Waals surface area contributed by atoms with Gasteiger partial charge in [-0.3, -0.25) is 0 Å². The fourth-order valence-electron chi connectivity index (χ4n) is 2.52. The molecule has 2 rings (SSSR count). The first kappa shape index (κ1) is 14.0. The van der Waals surface area contributed by atoms with E-state index in [0.717, 1.165) is 17.3 Å². The second-order valence-electron chi connectivity index (χ2n) is 5.60. The van der Waals surface area contributed by atoms with Crippen LogP contribution in [0, 0.1) is 5.92 Å². The van der Waals surface area contributed by atoms with Crippen LogP contribution in [-0.4, -0.2) is 23.4 Å². The zero-order valence-electron chi connectivity index (χ0n) is 11.0. The number of hydrogen-bond acceptors (Lipinski definition) is 2. The highest BCUT2D eigenvalue weighted by Gasteiger charge is 2.36. The van der Waals surface area contributed by atoms with Gasteiger partial charge in [0.05, 0.1) is 11.7 Å². The molecule has 18 heavy (non-hydrogen) atoms. The van der Waals surface area contributed by atoms with Gasteiger partial charge in [0.15, 0.2) is 0 Å². The lowest BCUT2D eigenvalue weighted by molar-refractivity contribution is -0.116. The molecule has 100 valence electrons. The Morgan fingerprint density at radius 3 is 2.83 bits per heavy atom. The monoisotopic (exact) mass is 312 g/mol. The molecule has 1 saturated heterocycles. The van der Waals surface area contributed by atoms with E-state index >= 15 is 0 Å². The smallest absolute Gasteiger partial charge is 0.0735 e. The van der Waals surface area contributed by atoms with Crippen LogP contribution >= 0.6 is 15.9 Å². The maximum Gasteiger partial charge on any atom is 0.0735 e. The molecule has 1 aromatic rings. The average Bonchev–Trinajstić information content (AvgIpc) is 2.32. The van der Waals surface area contributed by atoms with E-state index in [0.29, 0.717) is 18.9 Å². The Bertz CT molecular complexity index is 405. The van der Waals surface area contributed by atoms with Gasteiger partial charge in [-0.1, -0.05) is 48.0 Å². The molecule has 0 aromatic heterocycles. The van der Waals surface area contributed by atoms with Crippen LogP contribution in [0.25, 0.3) is 0 Å². The first-order valence-corrected chi connectivity index (χ1v) is 7.37. The van der Waals surface area contributed by atoms with E-state index in [1.54, 1.807) is 0 Å². The highest BCUT2D eigenvalue weighted by molar-refractivity contribution is 9.10. The van der Waals surface area contributed by atoms with Gasteiger partial charge >= 0.3 is 0 Å². The Morgan fingerprint density at radius 2 is 2.17 bits per heavy atom. The zero-order chi connectivity index (χ0) is 13.2. The van der Waals surface area contributed by atoms with Crippen molar-refractivity contribution in [1.29, 1.82) is 0 Å². The van der Waals surface area contributed by atoms with Crippen molar-refractivity contribution in [2.24, 2.45) is 5.92 Å². The summed E-state index contributed by atoms with van der Waals surface area (Å²) in [4.78, 5) is 0. The quantitative estimate of drug-likeness (QED) is 0.924. The molecule has 3 heteroatoms. The van der Waals surface area contributed by atoms with Crippen LogP contribution in [0.4, 0.5) is 0 Å². The molecule has 0 bridgehead atoms. The van der Waals surface area contributed by atoms with Crippen LogP contribution in [-0.2, 0) is 11.2 Å². The minimum absolute atomic E-state index is 0.172. The van der Waals surface area contributed by atoms with Gasteiger partial charge in [-0.05, 0) is 24.0 Å². The van der Waals surface area contributed by atoms with Crippen molar-refractivity contribution in [2.75, 3.05) is 6.61 Å². The molecule has 1 aliphatic heterocycles. The maximum absolute atomic E-state index is 10.8. The topological polar surface area (TPSA) is 29.5 Å². The average molecular weight is 313 g/mol. The van der Waals surface area contributed by atoms with Crippen molar-refractivity contribution in [1.82, 2.24) is 0 Å². The molecule has 0 amide bonds. The number of ether oxygens (including phenoxy) is 1. The first-order chi connectivity index (χ1) is 8.50. The van der Waals surface area contributed by atoms with Gasteiger partial charge in [0.1, 0.15) is 0 Å². The van der Waals surface area contributed by atoms with E-state index in [9.17, 15) is 5.11 Å². The molecule has 2 atom stereocenters. The van der Waals surface area contributed by atoms with E-state index < -0.39 is 5.60 Å². The Kier molecular flexibility index (Phi) is 4.46.